The van der Waals surface area contributed by atoms with Gasteiger partial charge in [0.1, 0.15) is 0 Å². The van der Waals surface area contributed by atoms with E-state index in [9.17, 15) is 4.39 Å². The molecule has 0 amide bonds. The average molecular weight is 200 g/mol. The lowest BCUT2D eigenvalue weighted by molar-refractivity contribution is 0.565. The standard InChI is InChI=1S/C13H25F/c1-2-3-4-5-6-7-8-9-10-11-12-13-14/h12-13H,2-11H2,1H3/b13-12-. The Morgan fingerprint density at radius 1 is 0.786 bits per heavy atom. The van der Waals surface area contributed by atoms with E-state index in [-0.39, 0.29) is 0 Å². The third-order valence-corrected chi connectivity index (χ3v) is 2.56. The van der Waals surface area contributed by atoms with Gasteiger partial charge in [0.2, 0.25) is 0 Å². The summed E-state index contributed by atoms with van der Waals surface area (Å²) in [6.45, 7) is 2.25. The molecule has 0 aliphatic carbocycles. The van der Waals surface area contributed by atoms with Gasteiger partial charge in [-0.05, 0) is 12.8 Å². The highest BCUT2D eigenvalue weighted by atomic mass is 19.1. The Balaban J connectivity index is 2.85. The average Bonchev–Trinajstić information content (AvgIpc) is 2.21. The Bertz CT molecular complexity index is 118. The summed E-state index contributed by atoms with van der Waals surface area (Å²) in [6, 6.07) is 0. The first-order valence-electron chi connectivity index (χ1n) is 6.17. The third kappa shape index (κ3) is 11.7. The number of rotatable bonds is 10. The van der Waals surface area contributed by atoms with E-state index in [4.69, 9.17) is 0 Å². The van der Waals surface area contributed by atoms with Crippen molar-refractivity contribution in [2.24, 2.45) is 0 Å². The summed E-state index contributed by atoms with van der Waals surface area (Å²) in [6.07, 6.45) is 15.2. The molecule has 84 valence electrons. The van der Waals surface area contributed by atoms with Crippen molar-refractivity contribution in [1.29, 1.82) is 0 Å². The Morgan fingerprint density at radius 2 is 1.29 bits per heavy atom. The first-order chi connectivity index (χ1) is 6.91. The predicted octanol–water partition coefficient (Wildman–Crippen LogP) is 5.39. The van der Waals surface area contributed by atoms with Crippen molar-refractivity contribution in [2.75, 3.05) is 0 Å². The number of hydrogen-bond donors (Lipinski definition) is 0. The SMILES string of the molecule is CCCCCCCCCCC/C=C\F. The summed E-state index contributed by atoms with van der Waals surface area (Å²) in [5.41, 5.74) is 0. The molecule has 0 heterocycles. The normalized spacial score (nSPS) is 11.3. The highest BCUT2D eigenvalue weighted by molar-refractivity contribution is 4.71. The van der Waals surface area contributed by atoms with Gasteiger partial charge < -0.3 is 0 Å². The zero-order valence-electron chi connectivity index (χ0n) is 9.60. The first kappa shape index (κ1) is 13.7. The molecule has 0 aliphatic rings. The van der Waals surface area contributed by atoms with Crippen LogP contribution in [0.3, 0.4) is 0 Å². The van der Waals surface area contributed by atoms with Crippen LogP contribution in [0.4, 0.5) is 4.39 Å². The molecule has 0 spiro atoms. The van der Waals surface area contributed by atoms with Gasteiger partial charge in [-0.2, -0.15) is 0 Å². The maximum Gasteiger partial charge on any atom is 0.0827 e. The van der Waals surface area contributed by atoms with Gasteiger partial charge in [0.25, 0.3) is 0 Å². The molecule has 0 saturated heterocycles. The molecule has 0 saturated carbocycles. The van der Waals surface area contributed by atoms with Gasteiger partial charge in [-0.15, -0.1) is 0 Å². The minimum atomic E-state index is 0.657. The fourth-order valence-electron chi connectivity index (χ4n) is 1.64. The Morgan fingerprint density at radius 3 is 1.79 bits per heavy atom. The molecule has 0 unspecified atom stereocenters. The minimum Gasteiger partial charge on any atom is -0.216 e. The zero-order chi connectivity index (χ0) is 10.5. The minimum absolute atomic E-state index is 0.657. The Kier molecular flexibility index (Phi) is 12.4. The summed E-state index contributed by atoms with van der Waals surface area (Å²) in [4.78, 5) is 0. The lowest BCUT2D eigenvalue weighted by Crippen LogP contribution is -1.80. The molecule has 0 fully saturated rings. The molecule has 0 radical (unpaired) electrons. The fraction of sp³-hybridized carbons (Fsp3) is 0.846. The molecule has 0 nitrogen and oxygen atoms in total. The van der Waals surface area contributed by atoms with E-state index >= 15 is 0 Å². The highest BCUT2D eigenvalue weighted by Crippen LogP contribution is 2.10. The van der Waals surface area contributed by atoms with Crippen LogP contribution in [-0.2, 0) is 0 Å². The van der Waals surface area contributed by atoms with Crippen molar-refractivity contribution >= 4 is 0 Å². The molecule has 0 aliphatic heterocycles. The van der Waals surface area contributed by atoms with Crippen LogP contribution in [0.25, 0.3) is 0 Å². The van der Waals surface area contributed by atoms with Crippen molar-refractivity contribution in [3.8, 4) is 0 Å². The largest absolute Gasteiger partial charge is 0.216 e. The Hall–Kier alpha value is -0.330. The number of unbranched alkanes of at least 4 members (excludes halogenated alkanes) is 9. The van der Waals surface area contributed by atoms with Gasteiger partial charge in [0, 0.05) is 0 Å². The first-order valence-corrected chi connectivity index (χ1v) is 6.17. The molecular formula is C13H25F. The van der Waals surface area contributed by atoms with Crippen LogP contribution in [0, 0.1) is 0 Å². The third-order valence-electron chi connectivity index (χ3n) is 2.56. The van der Waals surface area contributed by atoms with Crippen LogP contribution in [-0.4, -0.2) is 0 Å². The van der Waals surface area contributed by atoms with E-state index in [1.807, 2.05) is 0 Å². The molecule has 14 heavy (non-hydrogen) atoms. The van der Waals surface area contributed by atoms with Crippen molar-refractivity contribution in [3.63, 3.8) is 0 Å². The molecule has 0 N–H and O–H groups in total. The second-order valence-electron chi connectivity index (χ2n) is 3.98. The van der Waals surface area contributed by atoms with Crippen molar-refractivity contribution in [3.05, 3.63) is 12.4 Å². The summed E-state index contributed by atoms with van der Waals surface area (Å²) >= 11 is 0. The summed E-state index contributed by atoms with van der Waals surface area (Å²) in [7, 11) is 0. The molecule has 0 rings (SSSR count). The smallest absolute Gasteiger partial charge is 0.0827 e. The van der Waals surface area contributed by atoms with E-state index in [1.165, 1.54) is 51.4 Å². The lowest BCUT2D eigenvalue weighted by Gasteiger charge is -2.00. The van der Waals surface area contributed by atoms with Crippen LogP contribution in [0.2, 0.25) is 0 Å². The number of allylic oxidation sites excluding steroid dienone is 1. The van der Waals surface area contributed by atoms with Gasteiger partial charge >= 0.3 is 0 Å². The van der Waals surface area contributed by atoms with Gasteiger partial charge in [0.15, 0.2) is 0 Å². The summed E-state index contributed by atoms with van der Waals surface area (Å²) < 4.78 is 11.6. The maximum absolute atomic E-state index is 11.6. The molecule has 0 aromatic rings. The summed E-state index contributed by atoms with van der Waals surface area (Å²) in [5, 5.41) is 0. The fourth-order valence-corrected chi connectivity index (χ4v) is 1.64. The monoisotopic (exact) mass is 200 g/mol. The Labute approximate surface area is 88.6 Å². The second-order valence-corrected chi connectivity index (χ2v) is 3.98. The van der Waals surface area contributed by atoms with Gasteiger partial charge in [-0.1, -0.05) is 64.4 Å². The second kappa shape index (κ2) is 12.7. The van der Waals surface area contributed by atoms with Crippen LogP contribution in [0.15, 0.2) is 12.4 Å². The van der Waals surface area contributed by atoms with Gasteiger partial charge in [0.05, 0.1) is 6.33 Å². The molecule has 1 heteroatoms. The number of halogens is 1. The zero-order valence-corrected chi connectivity index (χ0v) is 9.60. The van der Waals surface area contributed by atoms with Crippen molar-refractivity contribution < 1.29 is 4.39 Å². The molecule has 0 aromatic carbocycles. The maximum atomic E-state index is 11.6. The number of hydrogen-bond acceptors (Lipinski definition) is 0. The van der Waals surface area contributed by atoms with E-state index in [0.717, 1.165) is 12.8 Å². The lowest BCUT2D eigenvalue weighted by atomic mass is 10.1. The van der Waals surface area contributed by atoms with E-state index in [1.54, 1.807) is 6.08 Å². The van der Waals surface area contributed by atoms with Gasteiger partial charge in [-0.3, -0.25) is 0 Å². The quantitative estimate of drug-likeness (QED) is 0.415. The van der Waals surface area contributed by atoms with Crippen LogP contribution < -0.4 is 0 Å². The topological polar surface area (TPSA) is 0 Å². The molecule has 0 bridgehead atoms. The van der Waals surface area contributed by atoms with Crippen LogP contribution in [0.1, 0.15) is 71.1 Å². The predicted molar refractivity (Wildman–Crippen MR) is 62.1 cm³/mol. The molecule has 0 aromatic heterocycles. The molecular weight excluding hydrogens is 175 g/mol. The van der Waals surface area contributed by atoms with E-state index in [0.29, 0.717) is 6.33 Å². The van der Waals surface area contributed by atoms with E-state index < -0.39 is 0 Å². The van der Waals surface area contributed by atoms with Crippen LogP contribution >= 0.6 is 0 Å². The highest BCUT2D eigenvalue weighted by Gasteiger charge is 1.90. The van der Waals surface area contributed by atoms with Crippen molar-refractivity contribution in [1.82, 2.24) is 0 Å². The van der Waals surface area contributed by atoms with Crippen molar-refractivity contribution in [2.45, 2.75) is 71.1 Å². The molecule has 0 atom stereocenters. The summed E-state index contributed by atoms with van der Waals surface area (Å²) in [5.74, 6) is 0. The van der Waals surface area contributed by atoms with Gasteiger partial charge in [-0.25, -0.2) is 4.39 Å². The van der Waals surface area contributed by atoms with Crippen LogP contribution in [0.5, 0.6) is 0 Å². The van der Waals surface area contributed by atoms with E-state index in [2.05, 4.69) is 6.92 Å².